The molecule has 1 N–H and O–H groups in total. The third-order valence-corrected chi connectivity index (χ3v) is 3.32. The second kappa shape index (κ2) is 6.49. The van der Waals surface area contributed by atoms with Crippen LogP contribution in [0.1, 0.15) is 23.0 Å². The van der Waals surface area contributed by atoms with Crippen molar-refractivity contribution in [1.82, 2.24) is 9.38 Å². The van der Waals surface area contributed by atoms with Crippen molar-refractivity contribution >= 4 is 23.1 Å². The number of aromatic hydroxyl groups is 1. The van der Waals surface area contributed by atoms with Crippen LogP contribution in [0.4, 0.5) is 11.5 Å². The van der Waals surface area contributed by atoms with Gasteiger partial charge >= 0.3 is 5.97 Å². The number of fused-ring (bicyclic) bond motifs is 1. The van der Waals surface area contributed by atoms with E-state index in [9.17, 15) is 9.90 Å². The molecule has 0 saturated carbocycles. The highest BCUT2D eigenvalue weighted by Gasteiger charge is 2.20. The summed E-state index contributed by atoms with van der Waals surface area (Å²) in [6, 6.07) is 10.1. The molecule has 0 amide bonds. The van der Waals surface area contributed by atoms with E-state index in [2.05, 4.69) is 15.2 Å². The Bertz CT molecular complexity index is 931. The van der Waals surface area contributed by atoms with Crippen LogP contribution < -0.4 is 0 Å². The van der Waals surface area contributed by atoms with Gasteiger partial charge in [-0.3, -0.25) is 4.40 Å². The van der Waals surface area contributed by atoms with E-state index in [1.165, 1.54) is 6.07 Å². The fraction of sp³-hybridized carbons (Fsp3) is 0.176. The van der Waals surface area contributed by atoms with Crippen LogP contribution in [0, 0.1) is 6.92 Å². The van der Waals surface area contributed by atoms with Crippen molar-refractivity contribution in [1.29, 1.82) is 0 Å². The van der Waals surface area contributed by atoms with Crippen LogP contribution in [0.15, 0.2) is 52.8 Å². The first-order chi connectivity index (χ1) is 11.6. The van der Waals surface area contributed by atoms with E-state index >= 15 is 0 Å². The minimum atomic E-state index is -0.552. The van der Waals surface area contributed by atoms with Crippen LogP contribution in [0.3, 0.4) is 0 Å². The van der Waals surface area contributed by atoms with Crippen LogP contribution in [0.2, 0.25) is 0 Å². The molecule has 0 saturated heterocycles. The van der Waals surface area contributed by atoms with Gasteiger partial charge in [0, 0.05) is 12.3 Å². The number of carbonyl (C=O) groups excluding carboxylic acids is 1. The van der Waals surface area contributed by atoms with Gasteiger partial charge in [0.25, 0.3) is 0 Å². The molecule has 7 heteroatoms. The number of hydrogen-bond donors (Lipinski definition) is 1. The van der Waals surface area contributed by atoms with E-state index < -0.39 is 5.97 Å². The van der Waals surface area contributed by atoms with Crippen LogP contribution in [-0.2, 0) is 4.74 Å². The van der Waals surface area contributed by atoms with Gasteiger partial charge in [-0.15, -0.1) is 10.2 Å². The number of carbonyl (C=O) groups is 1. The van der Waals surface area contributed by atoms with Gasteiger partial charge in [-0.1, -0.05) is 6.07 Å². The van der Waals surface area contributed by atoms with Crippen LogP contribution in [0.25, 0.3) is 5.65 Å². The molecule has 0 atom stereocenters. The van der Waals surface area contributed by atoms with Crippen LogP contribution in [0.5, 0.6) is 5.75 Å². The standard InChI is InChI=1S/C17H16N4O3/c1-3-24-17(23)15-16(20-19-12-5-4-6-13(22)10-12)21-8-7-11(2)9-14(21)18-15/h4-10,22H,3H2,1-2H3. The molecule has 122 valence electrons. The summed E-state index contributed by atoms with van der Waals surface area (Å²) in [6.07, 6.45) is 1.78. The summed E-state index contributed by atoms with van der Waals surface area (Å²) < 4.78 is 6.72. The Morgan fingerprint density at radius 3 is 2.88 bits per heavy atom. The number of phenolic OH excluding ortho intramolecular Hbond substituents is 1. The highest BCUT2D eigenvalue weighted by Crippen LogP contribution is 2.26. The van der Waals surface area contributed by atoms with Gasteiger partial charge < -0.3 is 9.84 Å². The van der Waals surface area contributed by atoms with Gasteiger partial charge in [0.2, 0.25) is 0 Å². The van der Waals surface area contributed by atoms with E-state index in [0.29, 0.717) is 11.3 Å². The highest BCUT2D eigenvalue weighted by atomic mass is 16.5. The molecule has 3 rings (SSSR count). The molecule has 0 spiro atoms. The topological polar surface area (TPSA) is 88.5 Å². The van der Waals surface area contributed by atoms with E-state index in [-0.39, 0.29) is 23.9 Å². The fourth-order valence-corrected chi connectivity index (χ4v) is 2.23. The van der Waals surface area contributed by atoms with Gasteiger partial charge in [0.15, 0.2) is 11.5 Å². The molecule has 1 aromatic carbocycles. The third-order valence-electron chi connectivity index (χ3n) is 3.32. The van der Waals surface area contributed by atoms with Gasteiger partial charge in [-0.25, -0.2) is 9.78 Å². The number of pyridine rings is 1. The molecule has 0 aliphatic rings. The van der Waals surface area contributed by atoms with Crippen molar-refractivity contribution < 1.29 is 14.6 Å². The molecule has 0 fully saturated rings. The minimum Gasteiger partial charge on any atom is -0.508 e. The maximum absolute atomic E-state index is 12.1. The van der Waals surface area contributed by atoms with Crippen molar-refractivity contribution in [2.75, 3.05) is 6.61 Å². The average molecular weight is 324 g/mol. The molecule has 24 heavy (non-hydrogen) atoms. The molecular formula is C17H16N4O3. The highest BCUT2D eigenvalue weighted by molar-refractivity contribution is 5.93. The maximum Gasteiger partial charge on any atom is 0.360 e. The second-order valence-corrected chi connectivity index (χ2v) is 5.16. The Balaban J connectivity index is 2.10. The van der Waals surface area contributed by atoms with E-state index in [4.69, 9.17) is 4.74 Å². The Morgan fingerprint density at radius 1 is 1.29 bits per heavy atom. The summed E-state index contributed by atoms with van der Waals surface area (Å²) in [5.41, 5.74) is 2.17. The van der Waals surface area contributed by atoms with Crippen molar-refractivity contribution in [2.24, 2.45) is 10.2 Å². The Hall–Kier alpha value is -3.22. The van der Waals surface area contributed by atoms with Crippen LogP contribution in [-0.4, -0.2) is 27.1 Å². The summed E-state index contributed by atoms with van der Waals surface area (Å²) >= 11 is 0. The number of rotatable bonds is 4. The zero-order valence-electron chi connectivity index (χ0n) is 13.3. The number of aryl methyl sites for hydroxylation is 1. The lowest BCUT2D eigenvalue weighted by atomic mass is 10.3. The lowest BCUT2D eigenvalue weighted by molar-refractivity contribution is 0.0521. The number of nitrogens with zero attached hydrogens (tertiary/aromatic N) is 4. The maximum atomic E-state index is 12.1. The molecule has 0 aliphatic carbocycles. The number of aromatic nitrogens is 2. The molecular weight excluding hydrogens is 308 g/mol. The molecule has 2 heterocycles. The summed E-state index contributed by atoms with van der Waals surface area (Å²) in [5, 5.41) is 17.7. The number of ether oxygens (including phenoxy) is 1. The normalized spacial score (nSPS) is 11.2. The summed E-state index contributed by atoms with van der Waals surface area (Å²) in [5.74, 6) is -0.179. The largest absolute Gasteiger partial charge is 0.508 e. The Morgan fingerprint density at radius 2 is 2.12 bits per heavy atom. The first-order valence-corrected chi connectivity index (χ1v) is 7.45. The zero-order chi connectivity index (χ0) is 17.1. The quantitative estimate of drug-likeness (QED) is 0.581. The predicted molar refractivity (Wildman–Crippen MR) is 88.2 cm³/mol. The van der Waals surface area contributed by atoms with Crippen molar-refractivity contribution in [3.05, 3.63) is 53.9 Å². The van der Waals surface area contributed by atoms with Gasteiger partial charge in [-0.05, 0) is 43.7 Å². The Kier molecular flexibility index (Phi) is 4.24. The average Bonchev–Trinajstić information content (AvgIpc) is 2.91. The zero-order valence-corrected chi connectivity index (χ0v) is 13.3. The summed E-state index contributed by atoms with van der Waals surface area (Å²) in [6.45, 7) is 3.91. The van der Waals surface area contributed by atoms with E-state index in [1.807, 2.05) is 19.1 Å². The molecule has 2 aromatic heterocycles. The van der Waals surface area contributed by atoms with Crippen molar-refractivity contribution in [3.63, 3.8) is 0 Å². The molecule has 0 radical (unpaired) electrons. The first-order valence-electron chi connectivity index (χ1n) is 7.45. The number of benzene rings is 1. The number of imidazole rings is 1. The summed E-state index contributed by atoms with van der Waals surface area (Å²) in [7, 11) is 0. The fourth-order valence-electron chi connectivity index (χ4n) is 2.23. The summed E-state index contributed by atoms with van der Waals surface area (Å²) in [4.78, 5) is 16.5. The van der Waals surface area contributed by atoms with Gasteiger partial charge in [0.05, 0.1) is 12.3 Å². The monoisotopic (exact) mass is 324 g/mol. The van der Waals surface area contributed by atoms with Gasteiger partial charge in [-0.2, -0.15) is 0 Å². The second-order valence-electron chi connectivity index (χ2n) is 5.16. The predicted octanol–water partition coefficient (Wildman–Crippen LogP) is 3.94. The van der Waals surface area contributed by atoms with E-state index in [1.54, 1.807) is 35.7 Å². The van der Waals surface area contributed by atoms with Gasteiger partial charge in [0.1, 0.15) is 11.4 Å². The number of phenols is 1. The van der Waals surface area contributed by atoms with Crippen molar-refractivity contribution in [3.8, 4) is 5.75 Å². The Labute approximate surface area is 138 Å². The number of esters is 1. The first kappa shape index (κ1) is 15.7. The lowest BCUT2D eigenvalue weighted by Crippen LogP contribution is -2.05. The SMILES string of the molecule is CCOC(=O)c1nc2cc(C)ccn2c1N=Nc1cccc(O)c1. The smallest absolute Gasteiger partial charge is 0.360 e. The van der Waals surface area contributed by atoms with Crippen molar-refractivity contribution in [2.45, 2.75) is 13.8 Å². The van der Waals surface area contributed by atoms with E-state index in [0.717, 1.165) is 5.56 Å². The number of azo groups is 1. The minimum absolute atomic E-state index is 0.0887. The molecule has 0 unspecified atom stereocenters. The van der Waals surface area contributed by atoms with Crippen LogP contribution >= 0.6 is 0 Å². The molecule has 0 aliphatic heterocycles. The molecule has 3 aromatic rings. The lowest BCUT2D eigenvalue weighted by Gasteiger charge is -2.00. The molecule has 7 nitrogen and oxygen atoms in total. The number of hydrogen-bond acceptors (Lipinski definition) is 6. The molecule has 0 bridgehead atoms. The third kappa shape index (κ3) is 3.10.